The van der Waals surface area contributed by atoms with Gasteiger partial charge in [0.15, 0.2) is 0 Å². The second kappa shape index (κ2) is 11.0. The molecule has 3 amide bonds. The van der Waals surface area contributed by atoms with E-state index in [0.29, 0.717) is 25.8 Å². The minimum absolute atomic E-state index is 0.126. The molecule has 0 saturated carbocycles. The lowest BCUT2D eigenvalue weighted by Gasteiger charge is -2.31. The van der Waals surface area contributed by atoms with Gasteiger partial charge < -0.3 is 4.90 Å². The van der Waals surface area contributed by atoms with Gasteiger partial charge in [-0.05, 0) is 62.1 Å². The molecule has 0 bridgehead atoms. The van der Waals surface area contributed by atoms with Crippen molar-refractivity contribution in [1.29, 1.82) is 0 Å². The third-order valence-corrected chi connectivity index (χ3v) is 7.51. The molecule has 1 aromatic rings. The molecule has 3 aliphatic rings. The first-order valence-electron chi connectivity index (χ1n) is 12.8. The fraction of sp³-hybridized carbons (Fsp3) is 0.593. The summed E-state index contributed by atoms with van der Waals surface area (Å²) < 4.78 is 13.2. The standard InChI is InChI=1S/C27H37FN4O3/c1-17(2)15-24(32-25(33)21-8-4-5-9-22(21)26(32)34)27(35)31(3)14-6-7-20-16-23(30-29-20)18-10-12-19(28)13-11-18/h4-5,10-13,17,20-24,29-30H,6-9,14-16H2,1-3H3. The Morgan fingerprint density at radius 1 is 1.09 bits per heavy atom. The number of nitrogens with one attached hydrogen (secondary N) is 2. The van der Waals surface area contributed by atoms with Crippen molar-refractivity contribution >= 4 is 17.7 Å². The number of allylic oxidation sites excluding steroid dienone is 2. The Bertz CT molecular complexity index is 938. The van der Waals surface area contributed by atoms with Crippen molar-refractivity contribution < 1.29 is 18.8 Å². The van der Waals surface area contributed by atoms with E-state index in [4.69, 9.17) is 0 Å². The van der Waals surface area contributed by atoms with Crippen molar-refractivity contribution in [2.45, 2.75) is 70.5 Å². The molecule has 2 fully saturated rings. The van der Waals surface area contributed by atoms with Crippen molar-refractivity contribution in [3.05, 3.63) is 47.8 Å². The number of benzene rings is 1. The normalized spacial score (nSPS) is 26.9. The van der Waals surface area contributed by atoms with Crippen LogP contribution in [0, 0.1) is 23.6 Å². The molecule has 1 aliphatic carbocycles. The number of halogens is 1. The number of hydrogen-bond donors (Lipinski definition) is 2. The van der Waals surface area contributed by atoms with E-state index in [0.717, 1.165) is 24.8 Å². The first kappa shape index (κ1) is 25.5. The van der Waals surface area contributed by atoms with Crippen LogP contribution in [0.25, 0.3) is 0 Å². The summed E-state index contributed by atoms with van der Waals surface area (Å²) in [6.07, 6.45) is 8.10. The highest BCUT2D eigenvalue weighted by Gasteiger charge is 2.51. The smallest absolute Gasteiger partial charge is 0.245 e. The number of nitrogens with zero attached hydrogens (tertiary/aromatic N) is 2. The van der Waals surface area contributed by atoms with Gasteiger partial charge in [-0.1, -0.05) is 38.1 Å². The maximum atomic E-state index is 13.5. The van der Waals surface area contributed by atoms with Crippen molar-refractivity contribution in [2.75, 3.05) is 13.6 Å². The Kier molecular flexibility index (Phi) is 8.02. The summed E-state index contributed by atoms with van der Waals surface area (Å²) in [6.45, 7) is 4.57. The topological polar surface area (TPSA) is 81.8 Å². The van der Waals surface area contributed by atoms with Gasteiger partial charge in [0.2, 0.25) is 17.7 Å². The van der Waals surface area contributed by atoms with Gasteiger partial charge in [-0.3, -0.25) is 30.1 Å². The number of hydrazine groups is 1. The Balaban J connectivity index is 1.32. The Morgan fingerprint density at radius 2 is 1.71 bits per heavy atom. The number of carbonyl (C=O) groups excluding carboxylic acids is 3. The van der Waals surface area contributed by atoms with E-state index in [1.165, 1.54) is 17.0 Å². The molecule has 2 N–H and O–H groups in total. The quantitative estimate of drug-likeness (QED) is 0.415. The molecule has 8 heteroatoms. The van der Waals surface area contributed by atoms with E-state index in [1.807, 2.05) is 26.0 Å². The summed E-state index contributed by atoms with van der Waals surface area (Å²) in [4.78, 5) is 42.7. The predicted molar refractivity (Wildman–Crippen MR) is 131 cm³/mol. The highest BCUT2D eigenvalue weighted by atomic mass is 19.1. The summed E-state index contributed by atoms with van der Waals surface area (Å²) in [5.41, 5.74) is 7.62. The number of amides is 3. The highest BCUT2D eigenvalue weighted by Crippen LogP contribution is 2.37. The second-order valence-electron chi connectivity index (χ2n) is 10.6. The van der Waals surface area contributed by atoms with Gasteiger partial charge in [0.1, 0.15) is 11.9 Å². The van der Waals surface area contributed by atoms with Crippen LogP contribution < -0.4 is 10.9 Å². The number of likely N-dealkylation sites (N-methyl/N-ethyl adjacent to an activating group) is 1. The van der Waals surface area contributed by atoms with Gasteiger partial charge >= 0.3 is 0 Å². The zero-order valence-electron chi connectivity index (χ0n) is 20.9. The summed E-state index contributed by atoms with van der Waals surface area (Å²) in [7, 11) is 1.76. The largest absolute Gasteiger partial charge is 0.344 e. The molecule has 5 unspecified atom stereocenters. The molecule has 2 aliphatic heterocycles. The summed E-state index contributed by atoms with van der Waals surface area (Å²) in [5.74, 6) is -1.25. The number of imide groups is 1. The van der Waals surface area contributed by atoms with Crippen LogP contribution in [0.2, 0.25) is 0 Å². The average molecular weight is 485 g/mol. The van der Waals surface area contributed by atoms with Crippen molar-refractivity contribution in [2.24, 2.45) is 17.8 Å². The fourth-order valence-electron chi connectivity index (χ4n) is 5.56. The van der Waals surface area contributed by atoms with Crippen molar-refractivity contribution in [1.82, 2.24) is 20.7 Å². The van der Waals surface area contributed by atoms with Crippen LogP contribution in [0.1, 0.15) is 64.0 Å². The van der Waals surface area contributed by atoms with Gasteiger partial charge in [0, 0.05) is 25.7 Å². The molecule has 1 aromatic carbocycles. The lowest BCUT2D eigenvalue weighted by molar-refractivity contribution is -0.151. The van der Waals surface area contributed by atoms with E-state index in [9.17, 15) is 18.8 Å². The molecule has 0 spiro atoms. The molecule has 7 nitrogen and oxygen atoms in total. The minimum Gasteiger partial charge on any atom is -0.344 e. The van der Waals surface area contributed by atoms with Crippen LogP contribution >= 0.6 is 0 Å². The van der Waals surface area contributed by atoms with Crippen LogP contribution in [-0.2, 0) is 14.4 Å². The lowest BCUT2D eigenvalue weighted by atomic mass is 9.85. The Labute approximate surface area is 207 Å². The molecule has 35 heavy (non-hydrogen) atoms. The van der Waals surface area contributed by atoms with Gasteiger partial charge in [-0.15, -0.1) is 0 Å². The van der Waals surface area contributed by atoms with Crippen LogP contribution in [0.15, 0.2) is 36.4 Å². The molecular weight excluding hydrogens is 447 g/mol. The summed E-state index contributed by atoms with van der Waals surface area (Å²) in [6, 6.07) is 6.18. The molecule has 4 rings (SSSR count). The van der Waals surface area contributed by atoms with E-state index in [2.05, 4.69) is 10.9 Å². The van der Waals surface area contributed by atoms with E-state index < -0.39 is 6.04 Å². The third kappa shape index (κ3) is 5.64. The van der Waals surface area contributed by atoms with E-state index >= 15 is 0 Å². The van der Waals surface area contributed by atoms with Gasteiger partial charge in [-0.25, -0.2) is 4.39 Å². The molecule has 2 saturated heterocycles. The minimum atomic E-state index is -0.736. The summed E-state index contributed by atoms with van der Waals surface area (Å²) >= 11 is 0. The third-order valence-electron chi connectivity index (χ3n) is 7.51. The van der Waals surface area contributed by atoms with Crippen LogP contribution in [0.5, 0.6) is 0 Å². The second-order valence-corrected chi connectivity index (χ2v) is 10.6. The maximum absolute atomic E-state index is 13.5. The van der Waals surface area contributed by atoms with Crippen molar-refractivity contribution in [3.8, 4) is 0 Å². The Morgan fingerprint density at radius 3 is 2.31 bits per heavy atom. The average Bonchev–Trinajstić information content (AvgIpc) is 3.41. The van der Waals surface area contributed by atoms with Gasteiger partial charge in [0.25, 0.3) is 0 Å². The lowest BCUT2D eigenvalue weighted by Crippen LogP contribution is -2.51. The zero-order valence-corrected chi connectivity index (χ0v) is 20.9. The van der Waals surface area contributed by atoms with E-state index in [1.54, 1.807) is 24.1 Å². The fourth-order valence-corrected chi connectivity index (χ4v) is 5.56. The Hall–Kier alpha value is -2.58. The number of carbonyl (C=O) groups is 3. The first-order valence-corrected chi connectivity index (χ1v) is 12.8. The number of rotatable bonds is 9. The molecule has 2 heterocycles. The highest BCUT2D eigenvalue weighted by molar-refractivity contribution is 6.08. The SMILES string of the molecule is CC(C)CC(C(=O)N(C)CCCC1CC(c2ccc(F)cc2)NN1)N1C(=O)C2CC=CCC2C1=O. The van der Waals surface area contributed by atoms with E-state index in [-0.39, 0.29) is 53.4 Å². The number of hydrogen-bond acceptors (Lipinski definition) is 5. The van der Waals surface area contributed by atoms with Crippen LogP contribution in [0.4, 0.5) is 4.39 Å². The molecular formula is C27H37FN4O3. The maximum Gasteiger partial charge on any atom is 0.245 e. The summed E-state index contributed by atoms with van der Waals surface area (Å²) in [5, 5.41) is 0. The zero-order chi connectivity index (χ0) is 25.1. The molecule has 0 aromatic heterocycles. The molecule has 5 atom stereocenters. The molecule has 190 valence electrons. The first-order chi connectivity index (χ1) is 16.8. The van der Waals surface area contributed by atoms with Gasteiger partial charge in [-0.2, -0.15) is 0 Å². The molecule has 0 radical (unpaired) electrons. The van der Waals surface area contributed by atoms with Gasteiger partial charge in [0.05, 0.1) is 11.8 Å². The van der Waals surface area contributed by atoms with Crippen LogP contribution in [-0.4, -0.2) is 53.2 Å². The van der Waals surface area contributed by atoms with Crippen LogP contribution in [0.3, 0.4) is 0 Å². The monoisotopic (exact) mass is 484 g/mol. The predicted octanol–water partition coefficient (Wildman–Crippen LogP) is 3.34. The number of fused-ring (bicyclic) bond motifs is 1. The number of likely N-dealkylation sites (tertiary alicyclic amines) is 1. The van der Waals surface area contributed by atoms with Crippen molar-refractivity contribution in [3.63, 3.8) is 0 Å².